The molecule has 0 saturated heterocycles. The van der Waals surface area contributed by atoms with E-state index in [0.29, 0.717) is 11.4 Å². The number of aromatic nitrogens is 1. The number of hydrogen-bond donors (Lipinski definition) is 1. The molecule has 0 fully saturated rings. The molecule has 0 atom stereocenters. The van der Waals surface area contributed by atoms with Crippen LogP contribution in [-0.2, 0) is 0 Å². The molecule has 5 heteroatoms. The molecule has 0 aliphatic heterocycles. The average Bonchev–Trinajstić information content (AvgIpc) is 2.77. The van der Waals surface area contributed by atoms with Crippen LogP contribution in [0.2, 0.25) is 0 Å². The van der Waals surface area contributed by atoms with Crippen molar-refractivity contribution < 1.29 is 13.6 Å². The maximum Gasteiger partial charge on any atom is 0.293 e. The van der Waals surface area contributed by atoms with Gasteiger partial charge in [-0.2, -0.15) is 0 Å². The van der Waals surface area contributed by atoms with Crippen LogP contribution in [0.5, 0.6) is 0 Å². The summed E-state index contributed by atoms with van der Waals surface area (Å²) in [6, 6.07) is 5.67. The van der Waals surface area contributed by atoms with Gasteiger partial charge in [0.1, 0.15) is 5.82 Å². The minimum atomic E-state index is -0.429. The fraction of sp³-hybridized carbons (Fsp3) is 0.231. The minimum Gasteiger partial charge on any atom is -0.438 e. The molecule has 1 aromatic carbocycles. The van der Waals surface area contributed by atoms with Gasteiger partial charge in [0.2, 0.25) is 5.76 Å². The Bertz CT molecular complexity index is 564. The van der Waals surface area contributed by atoms with E-state index in [9.17, 15) is 9.18 Å². The summed E-state index contributed by atoms with van der Waals surface area (Å²) in [4.78, 5) is 15.9. The highest BCUT2D eigenvalue weighted by Crippen LogP contribution is 2.19. The first kappa shape index (κ1) is 12.3. The molecule has 0 bridgehead atoms. The third-order valence-electron chi connectivity index (χ3n) is 2.43. The SMILES string of the molecule is CC(C)c1ncoc1C(=O)Nc1cccc(F)c1. The topological polar surface area (TPSA) is 55.1 Å². The Morgan fingerprint density at radius 1 is 1.44 bits per heavy atom. The molecule has 2 aromatic rings. The molecule has 2 rings (SSSR count). The first-order valence-electron chi connectivity index (χ1n) is 5.58. The van der Waals surface area contributed by atoms with Crippen LogP contribution in [0.4, 0.5) is 10.1 Å². The molecule has 0 unspecified atom stereocenters. The number of amides is 1. The highest BCUT2D eigenvalue weighted by molar-refractivity contribution is 6.03. The molecule has 18 heavy (non-hydrogen) atoms. The summed E-state index contributed by atoms with van der Waals surface area (Å²) in [5.41, 5.74) is 0.968. The van der Waals surface area contributed by atoms with Crippen molar-refractivity contribution in [3.63, 3.8) is 0 Å². The molecule has 0 spiro atoms. The molecule has 0 saturated carbocycles. The first-order valence-corrected chi connectivity index (χ1v) is 5.58. The van der Waals surface area contributed by atoms with Gasteiger partial charge < -0.3 is 9.73 Å². The van der Waals surface area contributed by atoms with Gasteiger partial charge in [0, 0.05) is 5.69 Å². The van der Waals surface area contributed by atoms with Crippen LogP contribution >= 0.6 is 0 Å². The highest BCUT2D eigenvalue weighted by Gasteiger charge is 2.19. The number of oxazole rings is 1. The number of nitrogens with one attached hydrogen (secondary N) is 1. The summed E-state index contributed by atoms with van der Waals surface area (Å²) in [5, 5.41) is 2.57. The van der Waals surface area contributed by atoms with Gasteiger partial charge in [-0.05, 0) is 24.1 Å². The lowest BCUT2D eigenvalue weighted by molar-refractivity contribution is 0.0995. The third-order valence-corrected chi connectivity index (χ3v) is 2.43. The Balaban J connectivity index is 2.20. The number of carbonyl (C=O) groups excluding carboxylic acids is 1. The number of nitrogens with zero attached hydrogens (tertiary/aromatic N) is 1. The Kier molecular flexibility index (Phi) is 3.41. The van der Waals surface area contributed by atoms with Gasteiger partial charge in [-0.1, -0.05) is 19.9 Å². The van der Waals surface area contributed by atoms with Crippen LogP contribution in [0, 0.1) is 5.82 Å². The fourth-order valence-electron chi connectivity index (χ4n) is 1.59. The monoisotopic (exact) mass is 248 g/mol. The van der Waals surface area contributed by atoms with Gasteiger partial charge in [0.25, 0.3) is 5.91 Å². The summed E-state index contributed by atoms with van der Waals surface area (Å²) in [6.07, 6.45) is 1.23. The molecule has 0 radical (unpaired) electrons. The van der Waals surface area contributed by atoms with Crippen LogP contribution in [0.3, 0.4) is 0 Å². The van der Waals surface area contributed by atoms with E-state index in [-0.39, 0.29) is 11.7 Å². The molecule has 0 aliphatic carbocycles. The zero-order valence-corrected chi connectivity index (χ0v) is 10.1. The molecule has 1 heterocycles. The number of hydrogen-bond acceptors (Lipinski definition) is 3. The molecular weight excluding hydrogens is 235 g/mol. The molecule has 4 nitrogen and oxygen atoms in total. The van der Waals surface area contributed by atoms with E-state index in [2.05, 4.69) is 10.3 Å². The summed E-state index contributed by atoms with van der Waals surface area (Å²) >= 11 is 0. The zero-order valence-electron chi connectivity index (χ0n) is 10.1. The second-order valence-electron chi connectivity index (χ2n) is 4.19. The molecule has 1 aromatic heterocycles. The summed E-state index contributed by atoms with van der Waals surface area (Å²) in [6.45, 7) is 3.83. The van der Waals surface area contributed by atoms with Crippen LogP contribution in [-0.4, -0.2) is 10.9 Å². The van der Waals surface area contributed by atoms with E-state index >= 15 is 0 Å². The van der Waals surface area contributed by atoms with Crippen molar-refractivity contribution in [2.24, 2.45) is 0 Å². The van der Waals surface area contributed by atoms with Crippen molar-refractivity contribution in [1.82, 2.24) is 4.98 Å². The van der Waals surface area contributed by atoms with Crippen molar-refractivity contribution in [3.8, 4) is 0 Å². The quantitative estimate of drug-likeness (QED) is 0.907. The van der Waals surface area contributed by atoms with E-state index in [1.165, 1.54) is 24.6 Å². The largest absolute Gasteiger partial charge is 0.438 e. The van der Waals surface area contributed by atoms with Crippen molar-refractivity contribution in [2.75, 3.05) is 5.32 Å². The second kappa shape index (κ2) is 5.00. The van der Waals surface area contributed by atoms with E-state index in [1.54, 1.807) is 6.07 Å². The van der Waals surface area contributed by atoms with E-state index < -0.39 is 11.7 Å². The van der Waals surface area contributed by atoms with Crippen LogP contribution in [0.1, 0.15) is 36.0 Å². The molecule has 1 amide bonds. The van der Waals surface area contributed by atoms with Crippen molar-refractivity contribution in [3.05, 3.63) is 47.9 Å². The minimum absolute atomic E-state index is 0.0806. The number of rotatable bonds is 3. The molecule has 94 valence electrons. The summed E-state index contributed by atoms with van der Waals surface area (Å²) in [5.74, 6) is -0.595. The normalized spacial score (nSPS) is 10.7. The lowest BCUT2D eigenvalue weighted by Gasteiger charge is -2.05. The predicted octanol–water partition coefficient (Wildman–Crippen LogP) is 3.19. The van der Waals surface area contributed by atoms with E-state index in [1.807, 2.05) is 13.8 Å². The zero-order chi connectivity index (χ0) is 13.1. The van der Waals surface area contributed by atoms with Gasteiger partial charge in [0.15, 0.2) is 6.39 Å². The first-order chi connectivity index (χ1) is 8.58. The number of halogens is 1. The van der Waals surface area contributed by atoms with Crippen LogP contribution in [0.15, 0.2) is 35.1 Å². The van der Waals surface area contributed by atoms with Crippen molar-refractivity contribution in [2.45, 2.75) is 19.8 Å². The standard InChI is InChI=1S/C13H13FN2O2/c1-8(2)11-12(18-7-15-11)13(17)16-10-5-3-4-9(14)6-10/h3-8H,1-2H3,(H,16,17). The van der Waals surface area contributed by atoms with E-state index in [4.69, 9.17) is 4.42 Å². The van der Waals surface area contributed by atoms with Gasteiger partial charge in [-0.25, -0.2) is 9.37 Å². The van der Waals surface area contributed by atoms with Gasteiger partial charge in [-0.15, -0.1) is 0 Å². The third kappa shape index (κ3) is 2.56. The Hall–Kier alpha value is -2.17. The number of carbonyl (C=O) groups is 1. The lowest BCUT2D eigenvalue weighted by atomic mass is 10.1. The number of benzene rings is 1. The summed E-state index contributed by atoms with van der Waals surface area (Å²) in [7, 11) is 0. The van der Waals surface area contributed by atoms with Crippen molar-refractivity contribution >= 4 is 11.6 Å². The number of anilines is 1. The smallest absolute Gasteiger partial charge is 0.293 e. The molecule has 1 N–H and O–H groups in total. The predicted molar refractivity (Wildman–Crippen MR) is 64.9 cm³/mol. The fourth-order valence-corrected chi connectivity index (χ4v) is 1.59. The Morgan fingerprint density at radius 2 is 2.22 bits per heavy atom. The van der Waals surface area contributed by atoms with Crippen LogP contribution in [0.25, 0.3) is 0 Å². The maximum atomic E-state index is 13.0. The maximum absolute atomic E-state index is 13.0. The second-order valence-corrected chi connectivity index (χ2v) is 4.19. The molecular formula is C13H13FN2O2. The van der Waals surface area contributed by atoms with Gasteiger partial charge >= 0.3 is 0 Å². The lowest BCUT2D eigenvalue weighted by Crippen LogP contribution is -2.13. The Morgan fingerprint density at radius 3 is 2.89 bits per heavy atom. The van der Waals surface area contributed by atoms with E-state index in [0.717, 1.165) is 0 Å². The molecule has 0 aliphatic rings. The highest BCUT2D eigenvalue weighted by atomic mass is 19.1. The van der Waals surface area contributed by atoms with Gasteiger partial charge in [0.05, 0.1) is 5.69 Å². The average molecular weight is 248 g/mol. The Labute approximate surface area is 104 Å². The van der Waals surface area contributed by atoms with Crippen LogP contribution < -0.4 is 5.32 Å². The van der Waals surface area contributed by atoms with Crippen molar-refractivity contribution in [1.29, 1.82) is 0 Å². The summed E-state index contributed by atoms with van der Waals surface area (Å²) < 4.78 is 18.1. The van der Waals surface area contributed by atoms with Gasteiger partial charge in [-0.3, -0.25) is 4.79 Å².